The largest absolute Gasteiger partial charge is 0.478 e. The maximum absolute atomic E-state index is 12.0. The molecule has 114 valence electrons. The van der Waals surface area contributed by atoms with Gasteiger partial charge in [0.15, 0.2) is 0 Å². The molecule has 0 bridgehead atoms. The van der Waals surface area contributed by atoms with Gasteiger partial charge in [-0.2, -0.15) is 0 Å². The maximum atomic E-state index is 12.0. The lowest BCUT2D eigenvalue weighted by Gasteiger charge is -2.29. The Morgan fingerprint density at radius 1 is 1.29 bits per heavy atom. The van der Waals surface area contributed by atoms with Crippen molar-refractivity contribution in [2.24, 2.45) is 5.92 Å². The molecule has 2 amide bonds. The molecule has 2 unspecified atom stereocenters. The van der Waals surface area contributed by atoms with Crippen LogP contribution in [0.25, 0.3) is 0 Å². The summed E-state index contributed by atoms with van der Waals surface area (Å²) >= 11 is 5.98. The van der Waals surface area contributed by atoms with Crippen LogP contribution in [-0.4, -0.2) is 23.1 Å². The Labute approximate surface area is 128 Å². The number of benzene rings is 1. The van der Waals surface area contributed by atoms with Crippen molar-refractivity contribution < 1.29 is 14.7 Å². The van der Waals surface area contributed by atoms with E-state index in [-0.39, 0.29) is 17.6 Å². The van der Waals surface area contributed by atoms with E-state index in [0.29, 0.717) is 16.6 Å². The van der Waals surface area contributed by atoms with Crippen LogP contribution in [-0.2, 0) is 0 Å². The highest BCUT2D eigenvalue weighted by Gasteiger charge is 2.23. The van der Waals surface area contributed by atoms with Crippen LogP contribution in [0.5, 0.6) is 0 Å². The number of nitrogens with one attached hydrogen (secondary N) is 2. The molecule has 1 aromatic rings. The summed E-state index contributed by atoms with van der Waals surface area (Å²) in [7, 11) is 0. The highest BCUT2D eigenvalue weighted by Crippen LogP contribution is 2.25. The van der Waals surface area contributed by atoms with Crippen molar-refractivity contribution in [1.82, 2.24) is 5.32 Å². The zero-order valence-electron chi connectivity index (χ0n) is 11.9. The van der Waals surface area contributed by atoms with Gasteiger partial charge in [-0.15, -0.1) is 0 Å². The van der Waals surface area contributed by atoms with Gasteiger partial charge < -0.3 is 15.7 Å². The van der Waals surface area contributed by atoms with Crippen LogP contribution in [0.15, 0.2) is 18.2 Å². The zero-order chi connectivity index (χ0) is 15.4. The van der Waals surface area contributed by atoms with E-state index >= 15 is 0 Å². The van der Waals surface area contributed by atoms with E-state index in [9.17, 15) is 9.59 Å². The van der Waals surface area contributed by atoms with Gasteiger partial charge in [-0.3, -0.25) is 0 Å². The summed E-state index contributed by atoms with van der Waals surface area (Å²) in [6, 6.07) is 4.02. The minimum Gasteiger partial charge on any atom is -0.478 e. The summed E-state index contributed by atoms with van der Waals surface area (Å²) in [6.45, 7) is 2.13. The first kappa shape index (κ1) is 15.6. The second-order valence-electron chi connectivity index (χ2n) is 5.47. The molecule has 2 atom stereocenters. The van der Waals surface area contributed by atoms with Crippen LogP contribution < -0.4 is 10.6 Å². The Bertz CT molecular complexity index is 548. The van der Waals surface area contributed by atoms with Crippen molar-refractivity contribution in [3.8, 4) is 0 Å². The molecule has 1 aliphatic rings. The highest BCUT2D eigenvalue weighted by atomic mass is 35.5. The van der Waals surface area contributed by atoms with Gasteiger partial charge in [0.25, 0.3) is 0 Å². The monoisotopic (exact) mass is 310 g/mol. The second kappa shape index (κ2) is 6.80. The molecule has 1 fully saturated rings. The lowest BCUT2D eigenvalue weighted by atomic mass is 9.86. The first-order valence-corrected chi connectivity index (χ1v) is 7.45. The molecule has 1 aromatic carbocycles. The predicted octanol–water partition coefficient (Wildman–Crippen LogP) is 3.74. The number of hydrogen-bond donors (Lipinski definition) is 3. The number of carboxylic acid groups (broad SMARTS) is 1. The number of amides is 2. The third kappa shape index (κ3) is 4.11. The number of carbonyl (C=O) groups excluding carboxylic acids is 1. The quantitative estimate of drug-likeness (QED) is 0.795. The molecular formula is C15H19ClN2O3. The molecule has 0 spiro atoms. The molecule has 0 heterocycles. The predicted molar refractivity (Wildman–Crippen MR) is 82.0 cm³/mol. The van der Waals surface area contributed by atoms with Crippen molar-refractivity contribution in [3.05, 3.63) is 28.8 Å². The van der Waals surface area contributed by atoms with Gasteiger partial charge in [0.2, 0.25) is 0 Å². The van der Waals surface area contributed by atoms with Crippen molar-refractivity contribution in [1.29, 1.82) is 0 Å². The van der Waals surface area contributed by atoms with Crippen molar-refractivity contribution in [2.45, 2.75) is 38.6 Å². The minimum absolute atomic E-state index is 0.0840. The average molecular weight is 311 g/mol. The molecule has 0 aromatic heterocycles. The molecule has 21 heavy (non-hydrogen) atoms. The SMILES string of the molecule is CC1CCCCC1NC(=O)Nc1cc(C(=O)O)ccc1Cl. The van der Waals surface area contributed by atoms with Gasteiger partial charge in [-0.25, -0.2) is 9.59 Å². The van der Waals surface area contributed by atoms with Crippen LogP contribution in [0.4, 0.5) is 10.5 Å². The summed E-state index contributed by atoms with van der Waals surface area (Å²) in [5.74, 6) is -0.610. The molecule has 0 aliphatic heterocycles. The second-order valence-corrected chi connectivity index (χ2v) is 5.87. The number of rotatable bonds is 3. The van der Waals surface area contributed by atoms with Gasteiger partial charge in [0, 0.05) is 6.04 Å². The van der Waals surface area contributed by atoms with Crippen LogP contribution in [0, 0.1) is 5.92 Å². The van der Waals surface area contributed by atoms with Gasteiger partial charge in [0.05, 0.1) is 16.3 Å². The smallest absolute Gasteiger partial charge is 0.335 e. The summed E-state index contributed by atoms with van der Waals surface area (Å²) in [5, 5.41) is 14.8. The molecule has 3 N–H and O–H groups in total. The molecule has 0 radical (unpaired) electrons. The fourth-order valence-corrected chi connectivity index (χ4v) is 2.78. The first-order valence-electron chi connectivity index (χ1n) is 7.07. The van der Waals surface area contributed by atoms with E-state index in [2.05, 4.69) is 17.6 Å². The van der Waals surface area contributed by atoms with Crippen molar-refractivity contribution >= 4 is 29.3 Å². The lowest BCUT2D eigenvalue weighted by molar-refractivity contribution is 0.0697. The molecule has 6 heteroatoms. The normalized spacial score (nSPS) is 21.6. The lowest BCUT2D eigenvalue weighted by Crippen LogP contribution is -2.43. The third-order valence-electron chi connectivity index (χ3n) is 3.89. The molecular weight excluding hydrogens is 292 g/mol. The number of carbonyl (C=O) groups is 2. The van der Waals surface area contributed by atoms with Gasteiger partial charge in [-0.05, 0) is 37.0 Å². The van der Waals surface area contributed by atoms with Gasteiger partial charge >= 0.3 is 12.0 Å². The van der Waals surface area contributed by atoms with E-state index in [1.54, 1.807) is 0 Å². The number of aromatic carboxylic acids is 1. The van der Waals surface area contributed by atoms with Crippen LogP contribution >= 0.6 is 11.6 Å². The van der Waals surface area contributed by atoms with E-state index < -0.39 is 5.97 Å². The van der Waals surface area contributed by atoms with E-state index in [1.807, 2.05) is 0 Å². The maximum Gasteiger partial charge on any atom is 0.335 e. The van der Waals surface area contributed by atoms with E-state index in [1.165, 1.54) is 24.6 Å². The molecule has 1 saturated carbocycles. The number of anilines is 1. The van der Waals surface area contributed by atoms with Crippen LogP contribution in [0.3, 0.4) is 0 Å². The van der Waals surface area contributed by atoms with E-state index in [0.717, 1.165) is 19.3 Å². The standard InChI is InChI=1S/C15H19ClN2O3/c1-9-4-2-3-5-12(9)17-15(21)18-13-8-10(14(19)20)6-7-11(13)16/h6-9,12H,2-5H2,1H3,(H,19,20)(H2,17,18,21). The molecule has 1 aliphatic carbocycles. The number of urea groups is 1. The highest BCUT2D eigenvalue weighted by molar-refractivity contribution is 6.33. The Morgan fingerprint density at radius 3 is 2.67 bits per heavy atom. The van der Waals surface area contributed by atoms with E-state index in [4.69, 9.17) is 16.7 Å². The molecule has 5 nitrogen and oxygen atoms in total. The van der Waals surface area contributed by atoms with Gasteiger partial charge in [-0.1, -0.05) is 31.4 Å². The summed E-state index contributed by atoms with van der Waals surface area (Å²) in [4.78, 5) is 23.0. The number of halogens is 1. The van der Waals surface area contributed by atoms with Crippen LogP contribution in [0.1, 0.15) is 43.0 Å². The molecule has 2 rings (SSSR count). The Balaban J connectivity index is 2.02. The summed E-state index contributed by atoms with van der Waals surface area (Å²) in [6.07, 6.45) is 4.40. The third-order valence-corrected chi connectivity index (χ3v) is 4.22. The Kier molecular flexibility index (Phi) is 5.07. The zero-order valence-corrected chi connectivity index (χ0v) is 12.6. The average Bonchev–Trinajstić information content (AvgIpc) is 2.43. The van der Waals surface area contributed by atoms with Crippen LogP contribution in [0.2, 0.25) is 5.02 Å². The van der Waals surface area contributed by atoms with Gasteiger partial charge in [0.1, 0.15) is 0 Å². The molecule has 0 saturated heterocycles. The Morgan fingerprint density at radius 2 is 2.00 bits per heavy atom. The summed E-state index contributed by atoms with van der Waals surface area (Å²) < 4.78 is 0. The first-order chi connectivity index (χ1) is 9.97. The van der Waals surface area contributed by atoms with Crippen molar-refractivity contribution in [2.75, 3.05) is 5.32 Å². The summed E-state index contributed by atoms with van der Waals surface area (Å²) in [5.41, 5.74) is 0.387. The Hall–Kier alpha value is -1.75. The number of carboxylic acids is 1. The fraction of sp³-hybridized carbons (Fsp3) is 0.467. The fourth-order valence-electron chi connectivity index (χ4n) is 2.61. The minimum atomic E-state index is -1.06. The van der Waals surface area contributed by atoms with Crippen molar-refractivity contribution in [3.63, 3.8) is 0 Å². The topological polar surface area (TPSA) is 78.4 Å². The number of hydrogen-bond acceptors (Lipinski definition) is 2.